The van der Waals surface area contributed by atoms with Gasteiger partial charge >= 0.3 is 0 Å². The average molecular weight is 420 g/mol. The lowest BCUT2D eigenvalue weighted by Gasteiger charge is -2.15. The Labute approximate surface area is 169 Å². The summed E-state index contributed by atoms with van der Waals surface area (Å²) in [6, 6.07) is 4.97. The van der Waals surface area contributed by atoms with E-state index < -0.39 is 21.3 Å². The zero-order valence-electron chi connectivity index (χ0n) is 16.7. The van der Waals surface area contributed by atoms with Crippen LogP contribution in [0.15, 0.2) is 27.9 Å². The molecule has 0 aliphatic heterocycles. The van der Waals surface area contributed by atoms with Crippen LogP contribution in [0.1, 0.15) is 35.5 Å². The molecule has 2 aromatic rings. The number of hydrogen-bond donors (Lipinski definition) is 3. The molecule has 0 atom stereocenters. The summed E-state index contributed by atoms with van der Waals surface area (Å²) in [5.74, 6) is -0.388. The second kappa shape index (κ2) is 7.96. The van der Waals surface area contributed by atoms with Gasteiger partial charge in [-0.3, -0.25) is 14.6 Å². The van der Waals surface area contributed by atoms with Gasteiger partial charge in [-0.25, -0.2) is 13.1 Å². The van der Waals surface area contributed by atoms with Gasteiger partial charge in [0.15, 0.2) is 0 Å². The summed E-state index contributed by atoms with van der Waals surface area (Å²) < 4.78 is 28.5. The molecule has 0 spiro atoms. The molecule has 1 aliphatic carbocycles. The van der Waals surface area contributed by atoms with Crippen molar-refractivity contribution in [1.29, 1.82) is 0 Å². The zero-order valence-corrected chi connectivity index (χ0v) is 17.5. The van der Waals surface area contributed by atoms with E-state index in [0.29, 0.717) is 5.69 Å². The van der Waals surface area contributed by atoms with Crippen LogP contribution in [-0.2, 0) is 27.9 Å². The SMILES string of the molecule is Cc1ccc(CNC(=O)Cn2c(C)cc(S(=O)(=O)NC3CC3)c(N)c2=O)c(C)n1. The van der Waals surface area contributed by atoms with Gasteiger partial charge in [-0.1, -0.05) is 6.07 Å². The van der Waals surface area contributed by atoms with E-state index in [4.69, 9.17) is 5.73 Å². The van der Waals surface area contributed by atoms with Gasteiger partial charge in [-0.05, 0) is 51.3 Å². The number of nitrogen functional groups attached to an aromatic ring is 1. The fraction of sp³-hybridized carbons (Fsp3) is 0.421. The van der Waals surface area contributed by atoms with Crippen LogP contribution < -0.4 is 21.3 Å². The molecule has 1 aliphatic rings. The number of nitrogens with two attached hydrogens (primary N) is 1. The molecule has 10 heteroatoms. The van der Waals surface area contributed by atoms with Crippen molar-refractivity contribution < 1.29 is 13.2 Å². The summed E-state index contributed by atoms with van der Waals surface area (Å²) >= 11 is 0. The van der Waals surface area contributed by atoms with Crippen molar-refractivity contribution in [3.05, 3.63) is 51.2 Å². The highest BCUT2D eigenvalue weighted by Gasteiger charge is 2.30. The molecule has 0 aromatic carbocycles. The maximum atomic E-state index is 12.6. The highest BCUT2D eigenvalue weighted by Crippen LogP contribution is 2.24. The van der Waals surface area contributed by atoms with Crippen LogP contribution in [0.2, 0.25) is 0 Å². The monoisotopic (exact) mass is 419 g/mol. The smallest absolute Gasteiger partial charge is 0.275 e. The third-order valence-electron chi connectivity index (χ3n) is 4.81. The van der Waals surface area contributed by atoms with Gasteiger partial charge in [-0.15, -0.1) is 0 Å². The number of carbonyl (C=O) groups is 1. The number of rotatable bonds is 7. The number of carbonyl (C=O) groups excluding carboxylic acids is 1. The first kappa shape index (κ1) is 21.0. The van der Waals surface area contributed by atoms with E-state index in [1.807, 2.05) is 26.0 Å². The van der Waals surface area contributed by atoms with E-state index in [-0.39, 0.29) is 29.9 Å². The van der Waals surface area contributed by atoms with Gasteiger partial charge in [0.05, 0.1) is 0 Å². The Kier molecular flexibility index (Phi) is 5.76. The maximum absolute atomic E-state index is 12.6. The first-order valence-electron chi connectivity index (χ1n) is 9.30. The van der Waals surface area contributed by atoms with E-state index in [9.17, 15) is 18.0 Å². The minimum atomic E-state index is -3.87. The zero-order chi connectivity index (χ0) is 21.3. The van der Waals surface area contributed by atoms with Crippen molar-refractivity contribution in [1.82, 2.24) is 19.6 Å². The van der Waals surface area contributed by atoms with Crippen LogP contribution in [0.5, 0.6) is 0 Å². The van der Waals surface area contributed by atoms with Crippen LogP contribution in [0.25, 0.3) is 0 Å². The number of anilines is 1. The molecule has 0 bridgehead atoms. The molecule has 0 saturated heterocycles. The predicted octanol–water partition coefficient (Wildman–Crippen LogP) is 0.508. The number of pyridine rings is 2. The Morgan fingerprint density at radius 1 is 1.28 bits per heavy atom. The van der Waals surface area contributed by atoms with Crippen molar-refractivity contribution in [2.45, 2.75) is 57.6 Å². The second-order valence-electron chi connectivity index (χ2n) is 7.32. The summed E-state index contributed by atoms with van der Waals surface area (Å²) in [5, 5.41) is 2.75. The number of hydrogen-bond acceptors (Lipinski definition) is 6. The Bertz CT molecular complexity index is 1120. The first-order chi connectivity index (χ1) is 13.6. The average Bonchev–Trinajstić information content (AvgIpc) is 3.44. The lowest BCUT2D eigenvalue weighted by Crippen LogP contribution is -2.36. The van der Waals surface area contributed by atoms with Crippen molar-refractivity contribution >= 4 is 21.6 Å². The molecule has 2 aromatic heterocycles. The maximum Gasteiger partial charge on any atom is 0.275 e. The van der Waals surface area contributed by atoms with Gasteiger partial charge in [0.25, 0.3) is 5.56 Å². The molecule has 3 rings (SSSR count). The van der Waals surface area contributed by atoms with Gasteiger partial charge in [0.2, 0.25) is 15.9 Å². The molecule has 4 N–H and O–H groups in total. The van der Waals surface area contributed by atoms with Gasteiger partial charge < -0.3 is 15.6 Å². The van der Waals surface area contributed by atoms with E-state index in [1.54, 1.807) is 6.92 Å². The first-order valence-corrected chi connectivity index (χ1v) is 10.8. The van der Waals surface area contributed by atoms with Gasteiger partial charge in [0.1, 0.15) is 17.1 Å². The summed E-state index contributed by atoms with van der Waals surface area (Å²) in [5.41, 5.74) is 7.64. The summed E-state index contributed by atoms with van der Waals surface area (Å²) in [4.78, 5) is 29.1. The summed E-state index contributed by atoms with van der Waals surface area (Å²) in [6.45, 7) is 5.33. The minimum Gasteiger partial charge on any atom is -0.393 e. The number of nitrogens with zero attached hydrogens (tertiary/aromatic N) is 2. The molecule has 1 saturated carbocycles. The molecule has 2 heterocycles. The predicted molar refractivity (Wildman–Crippen MR) is 109 cm³/mol. The Morgan fingerprint density at radius 3 is 2.59 bits per heavy atom. The third-order valence-corrected chi connectivity index (χ3v) is 6.37. The van der Waals surface area contributed by atoms with Crippen LogP contribution in [0, 0.1) is 20.8 Å². The lowest BCUT2D eigenvalue weighted by atomic mass is 10.2. The van der Waals surface area contributed by atoms with E-state index in [2.05, 4.69) is 15.0 Å². The van der Waals surface area contributed by atoms with E-state index >= 15 is 0 Å². The molecule has 9 nitrogen and oxygen atoms in total. The molecule has 1 fully saturated rings. The lowest BCUT2D eigenvalue weighted by molar-refractivity contribution is -0.121. The number of nitrogens with one attached hydrogen (secondary N) is 2. The van der Waals surface area contributed by atoms with Gasteiger partial charge in [-0.2, -0.15) is 0 Å². The molecule has 29 heavy (non-hydrogen) atoms. The van der Waals surface area contributed by atoms with E-state index in [1.165, 1.54) is 10.6 Å². The second-order valence-corrected chi connectivity index (χ2v) is 9.01. The van der Waals surface area contributed by atoms with Crippen molar-refractivity contribution in [2.75, 3.05) is 5.73 Å². The van der Waals surface area contributed by atoms with Crippen LogP contribution in [-0.4, -0.2) is 29.9 Å². The Hall–Kier alpha value is -2.72. The third kappa shape index (κ3) is 4.83. The topological polar surface area (TPSA) is 136 Å². The molecule has 0 unspecified atom stereocenters. The number of sulfonamides is 1. The molecular formula is C19H25N5O4S. The number of aromatic nitrogens is 2. The Balaban J connectivity index is 1.76. The largest absolute Gasteiger partial charge is 0.393 e. The summed E-state index contributed by atoms with van der Waals surface area (Å²) in [7, 11) is -3.87. The quantitative estimate of drug-likeness (QED) is 0.598. The highest BCUT2D eigenvalue weighted by molar-refractivity contribution is 7.89. The van der Waals surface area contributed by atoms with E-state index in [0.717, 1.165) is 29.8 Å². The highest BCUT2D eigenvalue weighted by atomic mass is 32.2. The Morgan fingerprint density at radius 2 is 1.97 bits per heavy atom. The van der Waals surface area contributed by atoms with Gasteiger partial charge in [0, 0.05) is 29.7 Å². The van der Waals surface area contributed by atoms with Crippen LogP contribution >= 0.6 is 0 Å². The van der Waals surface area contributed by atoms with Crippen molar-refractivity contribution in [3.8, 4) is 0 Å². The number of amides is 1. The fourth-order valence-electron chi connectivity index (χ4n) is 2.95. The molecule has 0 radical (unpaired) electrons. The van der Waals surface area contributed by atoms with Crippen LogP contribution in [0.3, 0.4) is 0 Å². The van der Waals surface area contributed by atoms with Crippen molar-refractivity contribution in [3.63, 3.8) is 0 Å². The standard InChI is InChI=1S/C19H25N5O4S/c1-11-4-5-14(13(3)22-11)9-21-17(25)10-24-12(2)8-16(18(20)19(24)26)29(27,28)23-15-6-7-15/h4-5,8,15,23H,6-7,9-10,20H2,1-3H3,(H,21,25). The normalized spacial score (nSPS) is 14.0. The fourth-order valence-corrected chi connectivity index (χ4v) is 4.46. The van der Waals surface area contributed by atoms with Crippen molar-refractivity contribution in [2.24, 2.45) is 0 Å². The number of aryl methyl sites for hydroxylation is 3. The molecule has 156 valence electrons. The molecule has 1 amide bonds. The van der Waals surface area contributed by atoms with Crippen LogP contribution in [0.4, 0.5) is 5.69 Å². The molecular weight excluding hydrogens is 394 g/mol. The summed E-state index contributed by atoms with van der Waals surface area (Å²) in [6.07, 6.45) is 1.54. The minimum absolute atomic E-state index is 0.104.